The van der Waals surface area contributed by atoms with Gasteiger partial charge in [-0.1, -0.05) is 23.9 Å². The van der Waals surface area contributed by atoms with E-state index in [0.717, 1.165) is 12.8 Å². The Kier molecular flexibility index (Phi) is 5.53. The number of benzene rings is 2. The second-order valence-electron chi connectivity index (χ2n) is 6.87. The standard InChI is InChI=1S/C21H20FN3O3S/c1-28-17-5-3-2-4-16(17)24-19(26)12-18-20(27)25(15-10-11-15)21(29-18)23-14-8-6-13(22)7-9-14/h2-9,15,18H,10-12H2,1H3,(H,24,26). The highest BCUT2D eigenvalue weighted by atomic mass is 32.2. The SMILES string of the molecule is COc1ccccc1NC(=O)CC1SC(=Nc2ccc(F)cc2)N(C2CC2)C1=O. The number of nitrogens with zero attached hydrogens (tertiary/aromatic N) is 2. The van der Waals surface area contributed by atoms with Crippen LogP contribution in [-0.4, -0.2) is 40.3 Å². The number of anilines is 1. The molecular formula is C21H20FN3O3S. The zero-order valence-corrected chi connectivity index (χ0v) is 16.6. The number of carbonyl (C=O) groups excluding carboxylic acids is 2. The van der Waals surface area contributed by atoms with Gasteiger partial charge >= 0.3 is 0 Å². The molecule has 2 amide bonds. The van der Waals surface area contributed by atoms with Gasteiger partial charge < -0.3 is 10.1 Å². The molecule has 2 fully saturated rings. The second kappa shape index (κ2) is 8.24. The van der Waals surface area contributed by atoms with Crippen LogP contribution in [-0.2, 0) is 9.59 Å². The molecule has 1 saturated carbocycles. The molecule has 1 aliphatic heterocycles. The molecule has 0 radical (unpaired) electrons. The number of rotatable bonds is 6. The fourth-order valence-corrected chi connectivity index (χ4v) is 4.32. The summed E-state index contributed by atoms with van der Waals surface area (Å²) in [7, 11) is 1.53. The van der Waals surface area contributed by atoms with Gasteiger partial charge in [-0.15, -0.1) is 0 Å². The number of aliphatic imine (C=N–C) groups is 1. The molecule has 0 bridgehead atoms. The van der Waals surface area contributed by atoms with Crippen LogP contribution in [0.25, 0.3) is 0 Å². The number of ether oxygens (including phenoxy) is 1. The maximum Gasteiger partial charge on any atom is 0.242 e. The predicted octanol–water partition coefficient (Wildman–Crippen LogP) is 3.96. The molecule has 2 aliphatic rings. The average Bonchev–Trinajstić information content (AvgIpc) is 3.50. The number of hydrogen-bond acceptors (Lipinski definition) is 5. The molecule has 0 aromatic heterocycles. The summed E-state index contributed by atoms with van der Waals surface area (Å²) in [5.41, 5.74) is 1.14. The summed E-state index contributed by atoms with van der Waals surface area (Å²) < 4.78 is 18.4. The van der Waals surface area contributed by atoms with Gasteiger partial charge in [0.15, 0.2) is 5.17 Å². The van der Waals surface area contributed by atoms with Crippen LogP contribution in [0.15, 0.2) is 53.5 Å². The molecule has 150 valence electrons. The van der Waals surface area contributed by atoms with Crippen LogP contribution in [0.3, 0.4) is 0 Å². The summed E-state index contributed by atoms with van der Waals surface area (Å²) >= 11 is 1.28. The van der Waals surface area contributed by atoms with E-state index < -0.39 is 5.25 Å². The van der Waals surface area contributed by atoms with Crippen molar-refractivity contribution in [2.45, 2.75) is 30.6 Å². The fourth-order valence-electron chi connectivity index (χ4n) is 3.11. The molecule has 4 rings (SSSR count). The molecule has 1 saturated heterocycles. The lowest BCUT2D eigenvalue weighted by atomic mass is 10.2. The lowest BCUT2D eigenvalue weighted by molar-refractivity contribution is -0.128. The second-order valence-corrected chi connectivity index (χ2v) is 8.04. The van der Waals surface area contributed by atoms with E-state index in [0.29, 0.717) is 22.3 Å². The number of methoxy groups -OCH3 is 1. The maximum absolute atomic E-state index is 13.1. The fraction of sp³-hybridized carbons (Fsp3) is 0.286. The Morgan fingerprint density at radius 1 is 1.24 bits per heavy atom. The number of halogens is 1. The van der Waals surface area contributed by atoms with Gasteiger partial charge in [0.2, 0.25) is 11.8 Å². The van der Waals surface area contributed by atoms with Crippen LogP contribution in [0.2, 0.25) is 0 Å². The van der Waals surface area contributed by atoms with Crippen LogP contribution in [0.4, 0.5) is 15.8 Å². The molecule has 1 atom stereocenters. The molecule has 0 spiro atoms. The Hall–Kier alpha value is -2.87. The van der Waals surface area contributed by atoms with Crippen molar-refractivity contribution in [3.63, 3.8) is 0 Å². The zero-order chi connectivity index (χ0) is 20.4. The monoisotopic (exact) mass is 413 g/mol. The van der Waals surface area contributed by atoms with Crippen molar-refractivity contribution in [1.29, 1.82) is 0 Å². The summed E-state index contributed by atoms with van der Waals surface area (Å²) in [6.07, 6.45) is 1.89. The third-order valence-electron chi connectivity index (χ3n) is 4.68. The Morgan fingerprint density at radius 2 is 1.97 bits per heavy atom. The van der Waals surface area contributed by atoms with E-state index in [1.165, 1.54) is 31.0 Å². The van der Waals surface area contributed by atoms with Gasteiger partial charge in [-0.05, 0) is 49.2 Å². The third kappa shape index (κ3) is 4.42. The van der Waals surface area contributed by atoms with Gasteiger partial charge in [0.1, 0.15) is 16.8 Å². The largest absolute Gasteiger partial charge is 0.495 e. The summed E-state index contributed by atoms with van der Waals surface area (Å²) in [5.74, 6) is -0.147. The van der Waals surface area contributed by atoms with Crippen molar-refractivity contribution >= 4 is 40.1 Å². The van der Waals surface area contributed by atoms with E-state index >= 15 is 0 Å². The zero-order valence-electron chi connectivity index (χ0n) is 15.8. The summed E-state index contributed by atoms with van der Waals surface area (Å²) in [6, 6.07) is 13.1. The first-order valence-electron chi connectivity index (χ1n) is 9.32. The summed E-state index contributed by atoms with van der Waals surface area (Å²) in [5, 5.41) is 2.84. The molecule has 1 aliphatic carbocycles. The van der Waals surface area contributed by atoms with Crippen LogP contribution in [0, 0.1) is 5.82 Å². The smallest absolute Gasteiger partial charge is 0.242 e. The molecule has 2 aromatic rings. The van der Waals surface area contributed by atoms with Gasteiger partial charge in [0.25, 0.3) is 0 Å². The minimum Gasteiger partial charge on any atom is -0.495 e. The van der Waals surface area contributed by atoms with Gasteiger partial charge in [-0.25, -0.2) is 9.38 Å². The number of para-hydroxylation sites is 2. The van der Waals surface area contributed by atoms with Gasteiger partial charge in [-0.2, -0.15) is 0 Å². The van der Waals surface area contributed by atoms with Crippen LogP contribution in [0.5, 0.6) is 5.75 Å². The maximum atomic E-state index is 13.1. The highest BCUT2D eigenvalue weighted by molar-refractivity contribution is 8.15. The Labute approximate surface area is 172 Å². The number of amidine groups is 1. The lowest BCUT2D eigenvalue weighted by Crippen LogP contribution is -2.35. The molecule has 1 heterocycles. The van der Waals surface area contributed by atoms with Crippen LogP contribution in [0.1, 0.15) is 19.3 Å². The van der Waals surface area contributed by atoms with E-state index in [-0.39, 0.29) is 30.1 Å². The van der Waals surface area contributed by atoms with Crippen molar-refractivity contribution in [2.75, 3.05) is 12.4 Å². The van der Waals surface area contributed by atoms with Crippen molar-refractivity contribution < 1.29 is 18.7 Å². The molecule has 1 N–H and O–H groups in total. The average molecular weight is 413 g/mol. The van der Waals surface area contributed by atoms with Crippen molar-refractivity contribution in [2.24, 2.45) is 4.99 Å². The van der Waals surface area contributed by atoms with Gasteiger partial charge in [0, 0.05) is 12.5 Å². The first kappa shape index (κ1) is 19.4. The topological polar surface area (TPSA) is 71.0 Å². The first-order chi connectivity index (χ1) is 14.0. The molecule has 6 nitrogen and oxygen atoms in total. The number of nitrogens with one attached hydrogen (secondary N) is 1. The number of hydrogen-bond donors (Lipinski definition) is 1. The molecule has 29 heavy (non-hydrogen) atoms. The normalized spacial score (nSPS) is 20.2. The summed E-state index contributed by atoms with van der Waals surface area (Å²) in [4.78, 5) is 31.7. The first-order valence-corrected chi connectivity index (χ1v) is 10.2. The van der Waals surface area contributed by atoms with Crippen molar-refractivity contribution in [3.8, 4) is 5.75 Å². The highest BCUT2D eigenvalue weighted by Crippen LogP contribution is 2.39. The van der Waals surface area contributed by atoms with Gasteiger partial charge in [-0.3, -0.25) is 14.5 Å². The minimum absolute atomic E-state index is 0.0349. The Morgan fingerprint density at radius 3 is 2.66 bits per heavy atom. The number of amides is 2. The Bertz CT molecular complexity index is 960. The molecule has 2 aromatic carbocycles. The Balaban J connectivity index is 1.48. The van der Waals surface area contributed by atoms with Crippen molar-refractivity contribution in [1.82, 2.24) is 4.90 Å². The predicted molar refractivity (Wildman–Crippen MR) is 111 cm³/mol. The third-order valence-corrected chi connectivity index (χ3v) is 5.83. The van der Waals surface area contributed by atoms with E-state index in [1.54, 1.807) is 35.2 Å². The van der Waals surface area contributed by atoms with Gasteiger partial charge in [0.05, 0.1) is 18.5 Å². The van der Waals surface area contributed by atoms with Crippen LogP contribution < -0.4 is 10.1 Å². The van der Waals surface area contributed by atoms with E-state index in [2.05, 4.69) is 10.3 Å². The van der Waals surface area contributed by atoms with Crippen LogP contribution >= 0.6 is 11.8 Å². The molecule has 1 unspecified atom stereocenters. The quantitative estimate of drug-likeness (QED) is 0.778. The molecule has 8 heteroatoms. The van der Waals surface area contributed by atoms with E-state index in [4.69, 9.17) is 4.74 Å². The van der Waals surface area contributed by atoms with E-state index in [1.807, 2.05) is 6.07 Å². The highest BCUT2D eigenvalue weighted by Gasteiger charge is 2.46. The number of carbonyl (C=O) groups is 2. The van der Waals surface area contributed by atoms with E-state index in [9.17, 15) is 14.0 Å². The molecular weight excluding hydrogens is 393 g/mol. The number of thioether (sulfide) groups is 1. The summed E-state index contributed by atoms with van der Waals surface area (Å²) in [6.45, 7) is 0. The van der Waals surface area contributed by atoms with Crippen molar-refractivity contribution in [3.05, 3.63) is 54.3 Å². The minimum atomic E-state index is -0.537. The lowest BCUT2D eigenvalue weighted by Gasteiger charge is -2.15.